The van der Waals surface area contributed by atoms with E-state index in [2.05, 4.69) is 70.6 Å². The number of benzene rings is 1. The lowest BCUT2D eigenvalue weighted by molar-refractivity contribution is 0.347. The lowest BCUT2D eigenvalue weighted by atomic mass is 10.1. The molecule has 1 saturated heterocycles. The summed E-state index contributed by atoms with van der Waals surface area (Å²) < 4.78 is 1.78. The molecule has 2 aliphatic rings. The van der Waals surface area contributed by atoms with Crippen molar-refractivity contribution in [3.8, 4) is 0 Å². The molecule has 7 nitrogen and oxygen atoms in total. The number of nitrogens with zero attached hydrogens (tertiary/aromatic N) is 5. The Morgan fingerprint density at radius 2 is 2.05 bits per heavy atom. The van der Waals surface area contributed by atoms with Gasteiger partial charge in [-0.2, -0.15) is 16.7 Å². The van der Waals surface area contributed by atoms with Crippen molar-refractivity contribution >= 4 is 57.0 Å². The van der Waals surface area contributed by atoms with Gasteiger partial charge in [0.25, 0.3) is 5.56 Å². The number of hydrogen-bond donors (Lipinski definition) is 1. The molecule has 4 aromatic rings. The predicted octanol–water partition coefficient (Wildman–Crippen LogP) is 6.46. The second-order valence-electron chi connectivity index (χ2n) is 11.0. The zero-order valence-corrected chi connectivity index (χ0v) is 25.5. The van der Waals surface area contributed by atoms with E-state index in [-0.39, 0.29) is 5.56 Å². The van der Waals surface area contributed by atoms with Crippen LogP contribution in [0.2, 0.25) is 0 Å². The van der Waals surface area contributed by atoms with Gasteiger partial charge in [0.2, 0.25) is 5.95 Å². The second kappa shape index (κ2) is 11.8. The van der Waals surface area contributed by atoms with Crippen molar-refractivity contribution in [2.24, 2.45) is 0 Å². The van der Waals surface area contributed by atoms with Crippen LogP contribution < -0.4 is 10.9 Å². The van der Waals surface area contributed by atoms with Crippen LogP contribution in [0.3, 0.4) is 0 Å². The SMILES string of the molecule is C=C(c1cc2cnc(Nc3ccc(C4CN(C)CCS4)cc3)nc2n(Cc2ccsc2C2=CCCC2)c1=O)N(C)C. The number of nitrogens with one attached hydrogen (secondary N) is 1. The van der Waals surface area contributed by atoms with Gasteiger partial charge in [0, 0.05) is 66.0 Å². The lowest BCUT2D eigenvalue weighted by Crippen LogP contribution is -2.30. The van der Waals surface area contributed by atoms with Crippen LogP contribution >= 0.6 is 23.1 Å². The minimum absolute atomic E-state index is 0.0993. The standard InChI is InChI=1S/C32H36N6OS2/c1-21(36(2)3)27-17-25-18-33-32(34-26-11-9-22(10-12-26)28-20-37(4)14-16-40-28)35-30(25)38(31(27)39)19-24-13-15-41-29(24)23-7-5-6-8-23/h7,9-13,15,17-18,28H,1,5-6,8,14,16,19-20H2,2-4H3,(H,33,34,35). The number of hydrogen-bond acceptors (Lipinski definition) is 8. The van der Waals surface area contributed by atoms with Crippen molar-refractivity contribution in [2.75, 3.05) is 45.3 Å². The maximum Gasteiger partial charge on any atom is 0.261 e. The fraction of sp³-hybridized carbons (Fsp3) is 0.344. The first-order valence-corrected chi connectivity index (χ1v) is 16.0. The molecule has 0 spiro atoms. The zero-order chi connectivity index (χ0) is 28.5. The summed E-state index contributed by atoms with van der Waals surface area (Å²) in [6.45, 7) is 6.82. The molecule has 1 aliphatic carbocycles. The summed E-state index contributed by atoms with van der Waals surface area (Å²) >= 11 is 3.77. The number of thiophene rings is 1. The Bertz CT molecular complexity index is 1670. The van der Waals surface area contributed by atoms with E-state index >= 15 is 0 Å². The van der Waals surface area contributed by atoms with E-state index in [4.69, 9.17) is 4.98 Å². The fourth-order valence-electron chi connectivity index (χ4n) is 5.49. The summed E-state index contributed by atoms with van der Waals surface area (Å²) in [4.78, 5) is 29.0. The van der Waals surface area contributed by atoms with Gasteiger partial charge in [-0.3, -0.25) is 9.36 Å². The van der Waals surface area contributed by atoms with Crippen LogP contribution in [0.4, 0.5) is 11.6 Å². The van der Waals surface area contributed by atoms with Crippen LogP contribution in [0.15, 0.2) is 65.4 Å². The number of fused-ring (bicyclic) bond motifs is 1. The molecule has 1 aliphatic heterocycles. The van der Waals surface area contributed by atoms with Gasteiger partial charge in [-0.15, -0.1) is 11.3 Å². The molecule has 1 fully saturated rings. The number of aromatic nitrogens is 3. The molecule has 0 bridgehead atoms. The molecule has 1 atom stereocenters. The van der Waals surface area contributed by atoms with Gasteiger partial charge in [-0.1, -0.05) is 24.8 Å². The summed E-state index contributed by atoms with van der Waals surface area (Å²) in [5, 5.41) is 6.78. The van der Waals surface area contributed by atoms with E-state index in [0.29, 0.717) is 34.7 Å². The third-order valence-electron chi connectivity index (χ3n) is 7.89. The smallest absolute Gasteiger partial charge is 0.261 e. The molecule has 0 amide bonds. The topological polar surface area (TPSA) is 66.3 Å². The predicted molar refractivity (Wildman–Crippen MR) is 174 cm³/mol. The molecule has 3 aromatic heterocycles. The second-order valence-corrected chi connectivity index (χ2v) is 13.3. The van der Waals surface area contributed by atoms with Crippen LogP contribution in [-0.4, -0.2) is 64.3 Å². The summed E-state index contributed by atoms with van der Waals surface area (Å²) in [6, 6.07) is 12.5. The van der Waals surface area contributed by atoms with Crippen molar-refractivity contribution in [1.29, 1.82) is 0 Å². The summed E-state index contributed by atoms with van der Waals surface area (Å²) in [6.07, 6.45) is 7.53. The van der Waals surface area contributed by atoms with E-state index in [1.54, 1.807) is 22.1 Å². The van der Waals surface area contributed by atoms with Crippen molar-refractivity contribution in [3.05, 3.63) is 92.6 Å². The van der Waals surface area contributed by atoms with Crippen LogP contribution in [0.5, 0.6) is 0 Å². The number of thioether (sulfide) groups is 1. The minimum Gasteiger partial charge on any atom is -0.377 e. The average Bonchev–Trinajstić information content (AvgIpc) is 3.67. The summed E-state index contributed by atoms with van der Waals surface area (Å²) in [5.41, 5.74) is 6.52. The Morgan fingerprint density at radius 1 is 1.22 bits per heavy atom. The largest absolute Gasteiger partial charge is 0.377 e. The van der Waals surface area contributed by atoms with Crippen molar-refractivity contribution in [2.45, 2.75) is 31.1 Å². The maximum atomic E-state index is 13.9. The first-order chi connectivity index (χ1) is 19.9. The molecule has 1 aromatic carbocycles. The maximum absolute atomic E-state index is 13.9. The van der Waals surface area contributed by atoms with E-state index in [1.807, 2.05) is 36.8 Å². The van der Waals surface area contributed by atoms with Gasteiger partial charge >= 0.3 is 0 Å². The molecule has 0 radical (unpaired) electrons. The highest BCUT2D eigenvalue weighted by Crippen LogP contribution is 2.35. The molecular weight excluding hydrogens is 549 g/mol. The molecule has 4 heterocycles. The monoisotopic (exact) mass is 584 g/mol. The molecule has 0 saturated carbocycles. The van der Waals surface area contributed by atoms with E-state index in [1.165, 1.54) is 22.4 Å². The van der Waals surface area contributed by atoms with Crippen LogP contribution in [0, 0.1) is 0 Å². The summed E-state index contributed by atoms with van der Waals surface area (Å²) in [7, 11) is 5.99. The Kier molecular flexibility index (Phi) is 8.01. The third kappa shape index (κ3) is 5.84. The molecule has 212 valence electrons. The Morgan fingerprint density at radius 3 is 2.78 bits per heavy atom. The van der Waals surface area contributed by atoms with E-state index in [9.17, 15) is 4.79 Å². The number of pyridine rings is 1. The van der Waals surface area contributed by atoms with E-state index < -0.39 is 0 Å². The van der Waals surface area contributed by atoms with Gasteiger partial charge in [0.15, 0.2) is 0 Å². The Labute approximate surface area is 249 Å². The van der Waals surface area contributed by atoms with E-state index in [0.717, 1.165) is 48.3 Å². The highest BCUT2D eigenvalue weighted by molar-refractivity contribution is 7.99. The van der Waals surface area contributed by atoms with Crippen molar-refractivity contribution in [3.63, 3.8) is 0 Å². The zero-order valence-electron chi connectivity index (χ0n) is 23.9. The molecule has 1 unspecified atom stereocenters. The highest BCUT2D eigenvalue weighted by Gasteiger charge is 2.20. The van der Waals surface area contributed by atoms with Gasteiger partial charge in [0.1, 0.15) is 5.65 Å². The first-order valence-electron chi connectivity index (χ1n) is 14.1. The fourth-order valence-corrected chi connectivity index (χ4v) is 7.89. The van der Waals surface area contributed by atoms with Crippen LogP contribution in [0.1, 0.15) is 46.1 Å². The molecule has 41 heavy (non-hydrogen) atoms. The molecular formula is C32H36N6OS2. The highest BCUT2D eigenvalue weighted by atomic mass is 32.2. The van der Waals surface area contributed by atoms with Crippen LogP contribution in [-0.2, 0) is 6.54 Å². The normalized spacial score (nSPS) is 17.5. The Hall–Kier alpha value is -3.40. The lowest BCUT2D eigenvalue weighted by Gasteiger charge is -2.29. The number of anilines is 2. The van der Waals surface area contributed by atoms with Gasteiger partial charge in [-0.25, -0.2) is 4.98 Å². The van der Waals surface area contributed by atoms with Crippen LogP contribution in [0.25, 0.3) is 22.3 Å². The third-order valence-corrected chi connectivity index (χ3v) is 10.2. The van der Waals surface area contributed by atoms with Gasteiger partial charge < -0.3 is 15.1 Å². The van der Waals surface area contributed by atoms with Crippen molar-refractivity contribution < 1.29 is 0 Å². The van der Waals surface area contributed by atoms with Gasteiger partial charge in [-0.05, 0) is 72.7 Å². The molecule has 6 rings (SSSR count). The number of likely N-dealkylation sites (N-methyl/N-ethyl adjacent to an activating group) is 1. The first kappa shape index (κ1) is 27.8. The molecule has 9 heteroatoms. The van der Waals surface area contributed by atoms with Crippen molar-refractivity contribution in [1.82, 2.24) is 24.3 Å². The quantitative estimate of drug-likeness (QED) is 0.255. The average molecular weight is 585 g/mol. The minimum atomic E-state index is -0.0993. The number of rotatable bonds is 8. The number of allylic oxidation sites excluding steroid dienone is 2. The van der Waals surface area contributed by atoms with Gasteiger partial charge in [0.05, 0.1) is 12.1 Å². The summed E-state index contributed by atoms with van der Waals surface area (Å²) in [5.74, 6) is 1.62. The Balaban J connectivity index is 1.35. The molecule has 1 N–H and O–H groups in total.